The molecule has 4 aliphatic rings. The number of amides is 3. The highest BCUT2D eigenvalue weighted by atomic mass is 35.5. The van der Waals surface area contributed by atoms with Gasteiger partial charge in [0.2, 0.25) is 0 Å². The van der Waals surface area contributed by atoms with E-state index in [0.717, 1.165) is 43.5 Å². The maximum atomic E-state index is 13.7. The monoisotopic (exact) mass is 673 g/mol. The molecule has 0 radical (unpaired) electrons. The van der Waals surface area contributed by atoms with Crippen LogP contribution in [0.15, 0.2) is 36.4 Å². The Morgan fingerprint density at radius 1 is 1.07 bits per heavy atom. The minimum atomic E-state index is -1.30. The second-order valence-corrected chi connectivity index (χ2v) is 13.7. The van der Waals surface area contributed by atoms with Crippen LogP contribution in [0.3, 0.4) is 0 Å². The van der Waals surface area contributed by atoms with Crippen molar-refractivity contribution in [3.63, 3.8) is 0 Å². The molecule has 0 spiro atoms. The number of piperidine rings is 2. The molecule has 3 atom stereocenters. The van der Waals surface area contributed by atoms with Gasteiger partial charge in [-0.05, 0) is 43.0 Å². The molecule has 4 heterocycles. The highest BCUT2D eigenvalue weighted by molar-refractivity contribution is 6.37. The van der Waals surface area contributed by atoms with E-state index in [1.54, 1.807) is 0 Å². The summed E-state index contributed by atoms with van der Waals surface area (Å²) in [7, 11) is 0. The van der Waals surface area contributed by atoms with Gasteiger partial charge in [-0.3, -0.25) is 14.3 Å². The van der Waals surface area contributed by atoms with E-state index in [1.165, 1.54) is 12.1 Å². The molecule has 2 aromatic rings. The van der Waals surface area contributed by atoms with Gasteiger partial charge in [0.25, 0.3) is 6.09 Å². The van der Waals surface area contributed by atoms with Crippen LogP contribution in [-0.2, 0) is 22.5 Å². The Hall–Kier alpha value is -2.93. The Morgan fingerprint density at radius 3 is 2.43 bits per heavy atom. The molecule has 13 heteroatoms. The number of nitrogens with one attached hydrogen (secondary N) is 1. The highest BCUT2D eigenvalue weighted by Crippen LogP contribution is 2.46. The predicted molar refractivity (Wildman–Crippen MR) is 172 cm³/mol. The zero-order valence-corrected chi connectivity index (χ0v) is 27.3. The number of carboxylic acid groups (broad SMARTS) is 1. The first-order chi connectivity index (χ1) is 22.2. The van der Waals surface area contributed by atoms with Gasteiger partial charge >= 0.3 is 6.03 Å². The molecule has 0 aromatic heterocycles. The van der Waals surface area contributed by atoms with Crippen LogP contribution >= 0.6 is 23.2 Å². The number of rotatable bonds is 7. The first-order valence-electron chi connectivity index (χ1n) is 16.1. The third-order valence-corrected chi connectivity index (χ3v) is 11.3. The quantitative estimate of drug-likeness (QED) is 0.337. The minimum Gasteiger partial charge on any atom is -0.505 e. The largest absolute Gasteiger partial charge is 0.505 e. The standard InChI is InChI=1S/C33H41Cl2N5O6/c34-27-19-23(20-28(35)30(27)42)22-40(32(44)45)15-8-26(39-12-5-24-3-1-2-4-29(24)36-31(39)43)21-33(40,9-16-41)38-10-6-25(7-11-38)37-13-17-46-18-14-37/h1-4,16,19-20,25-26H,5-15,17-18,21-22H2,(H2-,36,42,43,44,45)/t26?,33?,40-/m0/s1. The van der Waals surface area contributed by atoms with Gasteiger partial charge in [-0.25, -0.2) is 4.79 Å². The number of nitrogens with zero attached hydrogens (tertiary/aromatic N) is 4. The summed E-state index contributed by atoms with van der Waals surface area (Å²) >= 11 is 12.6. The fourth-order valence-electron chi connectivity index (χ4n) is 8.32. The zero-order chi connectivity index (χ0) is 32.5. The number of morpholine rings is 1. The summed E-state index contributed by atoms with van der Waals surface area (Å²) in [4.78, 5) is 46.4. The lowest BCUT2D eigenvalue weighted by Gasteiger charge is -2.62. The van der Waals surface area contributed by atoms with Crippen molar-refractivity contribution < 1.29 is 33.8 Å². The molecule has 2 N–H and O–H groups in total. The Labute approximate surface area is 279 Å². The molecule has 2 unspecified atom stereocenters. The zero-order valence-electron chi connectivity index (χ0n) is 25.8. The van der Waals surface area contributed by atoms with E-state index in [9.17, 15) is 24.6 Å². The van der Waals surface area contributed by atoms with Crippen LogP contribution in [0, 0.1) is 0 Å². The number of hydrogen-bond acceptors (Lipinski definition) is 8. The first-order valence-corrected chi connectivity index (χ1v) is 16.8. The van der Waals surface area contributed by atoms with Crippen LogP contribution in [0.1, 0.15) is 43.2 Å². The van der Waals surface area contributed by atoms with Crippen LogP contribution in [-0.4, -0.2) is 113 Å². The molecule has 2 aromatic carbocycles. The summed E-state index contributed by atoms with van der Waals surface area (Å²) in [5, 5.41) is 26.9. The van der Waals surface area contributed by atoms with Crippen molar-refractivity contribution in [2.45, 2.75) is 62.8 Å². The fraction of sp³-hybridized carbons (Fsp3) is 0.545. The number of quaternary nitrogens is 1. The van der Waals surface area contributed by atoms with Gasteiger partial charge in [0.05, 0.1) is 36.2 Å². The summed E-state index contributed by atoms with van der Waals surface area (Å²) in [5.74, 6) is -0.275. The molecule has 248 valence electrons. The van der Waals surface area contributed by atoms with E-state index >= 15 is 0 Å². The second-order valence-electron chi connectivity index (χ2n) is 12.9. The van der Waals surface area contributed by atoms with E-state index in [0.29, 0.717) is 57.3 Å². The molecule has 6 rings (SSSR count). The minimum absolute atomic E-state index is 0.0157. The van der Waals surface area contributed by atoms with Crippen molar-refractivity contribution in [1.82, 2.24) is 14.7 Å². The Balaban J connectivity index is 1.37. The van der Waals surface area contributed by atoms with Crippen LogP contribution in [0.25, 0.3) is 0 Å². The number of halogens is 2. The number of para-hydroxylation sites is 1. The summed E-state index contributed by atoms with van der Waals surface area (Å²) in [6.07, 6.45) is 2.39. The SMILES string of the molecule is O=CCC1(N2CCC(N3CCOCC3)CC2)CC(N2CCc3ccccc3NC2=O)CC[N@+]1(Cc1cc(Cl)c(O)c(Cl)c1)C(=O)[O-]. The molecule has 3 fully saturated rings. The third kappa shape index (κ3) is 6.09. The number of benzene rings is 2. The van der Waals surface area contributed by atoms with E-state index in [1.807, 2.05) is 29.2 Å². The number of urea groups is 1. The summed E-state index contributed by atoms with van der Waals surface area (Å²) in [6, 6.07) is 10.6. The molecule has 0 aliphatic carbocycles. The number of ether oxygens (including phenoxy) is 1. The molecule has 0 bridgehead atoms. The molecule has 11 nitrogen and oxygen atoms in total. The number of phenols is 1. The first kappa shape index (κ1) is 33.0. The fourth-order valence-corrected chi connectivity index (χ4v) is 8.85. The Morgan fingerprint density at radius 2 is 1.76 bits per heavy atom. The number of hydrogen-bond donors (Lipinski definition) is 2. The number of phenolic OH excluding ortho intramolecular Hbond substituents is 1. The Bertz CT molecular complexity index is 1440. The summed E-state index contributed by atoms with van der Waals surface area (Å²) in [5.41, 5.74) is 1.11. The molecule has 0 saturated carbocycles. The van der Waals surface area contributed by atoms with Gasteiger partial charge in [0.15, 0.2) is 11.4 Å². The maximum absolute atomic E-state index is 13.7. The van der Waals surface area contributed by atoms with Gasteiger partial charge in [-0.15, -0.1) is 0 Å². The van der Waals surface area contributed by atoms with E-state index in [-0.39, 0.29) is 53.8 Å². The lowest BCUT2D eigenvalue weighted by atomic mass is 9.81. The predicted octanol–water partition coefficient (Wildman–Crippen LogP) is 3.69. The second kappa shape index (κ2) is 13.7. The number of likely N-dealkylation sites (tertiary alicyclic amines) is 2. The topological polar surface area (TPSA) is 125 Å². The average Bonchev–Trinajstić information content (AvgIpc) is 3.23. The summed E-state index contributed by atoms with van der Waals surface area (Å²) in [6.45, 7) is 4.83. The van der Waals surface area contributed by atoms with E-state index in [2.05, 4.69) is 15.1 Å². The number of aromatic hydroxyl groups is 1. The van der Waals surface area contributed by atoms with Crippen LogP contribution < -0.4 is 10.4 Å². The van der Waals surface area contributed by atoms with Crippen molar-refractivity contribution in [2.75, 3.05) is 57.8 Å². The number of carbonyl (C=O) groups is 3. The molecule has 3 amide bonds. The molecule has 46 heavy (non-hydrogen) atoms. The lowest BCUT2D eigenvalue weighted by Crippen LogP contribution is -2.80. The smallest absolute Gasteiger partial charge is 0.322 e. The van der Waals surface area contributed by atoms with Crippen molar-refractivity contribution in [3.05, 3.63) is 57.6 Å². The third-order valence-electron chi connectivity index (χ3n) is 10.7. The molecule has 4 aliphatic heterocycles. The normalized spacial score (nSPS) is 28.3. The lowest BCUT2D eigenvalue weighted by molar-refractivity contribution is -0.956. The molecular weight excluding hydrogens is 633 g/mol. The van der Waals surface area contributed by atoms with Gasteiger partial charge in [-0.2, -0.15) is 0 Å². The highest BCUT2D eigenvalue weighted by Gasteiger charge is 2.61. The number of carbonyl (C=O) groups excluding carboxylic acids is 3. The average molecular weight is 675 g/mol. The van der Waals surface area contributed by atoms with Crippen molar-refractivity contribution in [1.29, 1.82) is 0 Å². The van der Waals surface area contributed by atoms with Crippen LogP contribution in [0.5, 0.6) is 5.75 Å². The maximum Gasteiger partial charge on any atom is 0.322 e. The van der Waals surface area contributed by atoms with Gasteiger partial charge in [-0.1, -0.05) is 41.4 Å². The van der Waals surface area contributed by atoms with Gasteiger partial charge in [0, 0.05) is 68.9 Å². The van der Waals surface area contributed by atoms with Gasteiger partial charge < -0.3 is 34.8 Å². The van der Waals surface area contributed by atoms with Crippen LogP contribution in [0.4, 0.5) is 15.3 Å². The number of fused-ring (bicyclic) bond motifs is 1. The van der Waals surface area contributed by atoms with Crippen molar-refractivity contribution >= 4 is 47.3 Å². The van der Waals surface area contributed by atoms with E-state index < -0.39 is 16.2 Å². The van der Waals surface area contributed by atoms with Gasteiger partial charge in [0.1, 0.15) is 12.8 Å². The van der Waals surface area contributed by atoms with Crippen molar-refractivity contribution in [2.24, 2.45) is 0 Å². The van der Waals surface area contributed by atoms with Crippen molar-refractivity contribution in [3.8, 4) is 5.75 Å². The van der Waals surface area contributed by atoms with E-state index in [4.69, 9.17) is 27.9 Å². The Kier molecular flexibility index (Phi) is 9.80. The number of aldehydes is 1. The number of anilines is 1. The van der Waals surface area contributed by atoms with Crippen LogP contribution in [0.2, 0.25) is 10.0 Å². The summed E-state index contributed by atoms with van der Waals surface area (Å²) < 4.78 is 5.02. The molecular formula is C33H41Cl2N5O6. The molecule has 3 saturated heterocycles.